The molecule has 0 aliphatic carbocycles. The van der Waals surface area contributed by atoms with Crippen LogP contribution >= 0.6 is 33.9 Å². The van der Waals surface area contributed by atoms with Crippen molar-refractivity contribution in [2.24, 2.45) is 0 Å². The average Bonchev–Trinajstić information content (AvgIpc) is 3.42. The van der Waals surface area contributed by atoms with Crippen LogP contribution in [-0.4, -0.2) is 32.2 Å². The lowest BCUT2D eigenvalue weighted by atomic mass is 9.97. The van der Waals surface area contributed by atoms with Gasteiger partial charge in [-0.05, 0) is 70.1 Å². The second-order valence-electron chi connectivity index (χ2n) is 9.69. The van der Waals surface area contributed by atoms with Gasteiger partial charge in [-0.1, -0.05) is 18.2 Å². The van der Waals surface area contributed by atoms with Gasteiger partial charge in [0.1, 0.15) is 10.5 Å². The van der Waals surface area contributed by atoms with Crippen molar-refractivity contribution in [2.45, 2.75) is 6.42 Å². The number of anilines is 2. The molecule has 214 valence electrons. The van der Waals surface area contributed by atoms with E-state index in [0.29, 0.717) is 51.7 Å². The Labute approximate surface area is 255 Å². The maximum Gasteiger partial charge on any atom is 0.256 e. The number of fused-ring (bicyclic) bond motifs is 1. The number of morpholine rings is 1. The maximum absolute atomic E-state index is 14.9. The predicted molar refractivity (Wildman–Crippen MR) is 165 cm³/mol. The third-order valence-corrected chi connectivity index (χ3v) is 8.68. The van der Waals surface area contributed by atoms with Crippen LogP contribution < -0.4 is 15.6 Å². The van der Waals surface area contributed by atoms with Gasteiger partial charge in [-0.15, -0.1) is 11.3 Å². The molecule has 1 N–H and O–H groups in total. The number of nitrogens with zero attached hydrogens (tertiary/aromatic N) is 1. The summed E-state index contributed by atoms with van der Waals surface area (Å²) in [6.45, 7) is 2.36. The third kappa shape index (κ3) is 5.68. The van der Waals surface area contributed by atoms with Crippen molar-refractivity contribution in [3.8, 4) is 11.1 Å². The number of hydrogen-bond donors (Lipinski definition) is 1. The van der Waals surface area contributed by atoms with Crippen molar-refractivity contribution in [3.63, 3.8) is 0 Å². The molecule has 0 atom stereocenters. The van der Waals surface area contributed by atoms with Crippen molar-refractivity contribution in [1.29, 1.82) is 0 Å². The van der Waals surface area contributed by atoms with E-state index in [1.54, 1.807) is 30.3 Å². The van der Waals surface area contributed by atoms with Crippen molar-refractivity contribution in [2.75, 3.05) is 36.5 Å². The Bertz CT molecular complexity index is 1870. The molecule has 3 heterocycles. The Morgan fingerprint density at radius 2 is 1.74 bits per heavy atom. The summed E-state index contributed by atoms with van der Waals surface area (Å²) in [5.74, 6) is -3.06. The van der Waals surface area contributed by atoms with Gasteiger partial charge in [-0.3, -0.25) is 9.59 Å². The van der Waals surface area contributed by atoms with E-state index in [4.69, 9.17) is 9.15 Å². The zero-order valence-corrected chi connectivity index (χ0v) is 24.9. The summed E-state index contributed by atoms with van der Waals surface area (Å²) >= 11 is 3.25. The molecule has 0 spiro atoms. The minimum atomic E-state index is -1.20. The number of ether oxygens (including phenoxy) is 1. The highest BCUT2D eigenvalue weighted by Crippen LogP contribution is 2.35. The van der Waals surface area contributed by atoms with Crippen molar-refractivity contribution in [1.82, 2.24) is 0 Å². The van der Waals surface area contributed by atoms with Gasteiger partial charge in [-0.2, -0.15) is 0 Å². The molecule has 1 saturated heterocycles. The zero-order valence-electron chi connectivity index (χ0n) is 21.9. The summed E-state index contributed by atoms with van der Waals surface area (Å²) in [4.78, 5) is 28.0. The number of nitrogens with one attached hydrogen (secondary N) is 1. The number of carbonyl (C=O) groups excluding carboxylic acids is 1. The fourth-order valence-electron chi connectivity index (χ4n) is 4.83. The Balaban J connectivity index is 1.26. The molecule has 1 aliphatic rings. The molecule has 1 amide bonds. The maximum atomic E-state index is 14.9. The Morgan fingerprint density at radius 1 is 0.976 bits per heavy atom. The topological polar surface area (TPSA) is 71.8 Å². The molecular formula is C31H22F3IN2O4S. The number of carbonyl (C=O) groups is 1. The molecule has 0 saturated carbocycles. The average molecular weight is 702 g/mol. The first kappa shape index (κ1) is 28.4. The van der Waals surface area contributed by atoms with E-state index in [1.165, 1.54) is 35.6 Å². The predicted octanol–water partition coefficient (Wildman–Crippen LogP) is 7.22. The minimum absolute atomic E-state index is 0.0998. The van der Waals surface area contributed by atoms with Gasteiger partial charge < -0.3 is 19.4 Å². The number of hydrogen-bond acceptors (Lipinski definition) is 6. The summed E-state index contributed by atoms with van der Waals surface area (Å²) in [5, 5.41) is 4.56. The molecule has 11 heteroatoms. The number of benzene rings is 3. The molecule has 3 aromatic carbocycles. The monoisotopic (exact) mass is 702 g/mol. The van der Waals surface area contributed by atoms with Crippen LogP contribution in [0.3, 0.4) is 0 Å². The molecule has 42 heavy (non-hydrogen) atoms. The van der Waals surface area contributed by atoms with Gasteiger partial charge in [0.15, 0.2) is 23.1 Å². The quantitative estimate of drug-likeness (QED) is 0.189. The van der Waals surface area contributed by atoms with Crippen LogP contribution in [0.5, 0.6) is 0 Å². The summed E-state index contributed by atoms with van der Waals surface area (Å²) in [6, 6.07) is 14.9. The van der Waals surface area contributed by atoms with Crippen molar-refractivity contribution >= 4 is 61.7 Å². The van der Waals surface area contributed by atoms with Crippen molar-refractivity contribution < 1.29 is 27.1 Å². The van der Waals surface area contributed by atoms with E-state index in [2.05, 4.69) is 5.32 Å². The van der Waals surface area contributed by atoms with Gasteiger partial charge in [0.05, 0.1) is 13.2 Å². The van der Waals surface area contributed by atoms with Gasteiger partial charge in [0, 0.05) is 56.9 Å². The highest BCUT2D eigenvalue weighted by atomic mass is 127. The minimum Gasteiger partial charge on any atom is -0.439 e. The van der Waals surface area contributed by atoms with E-state index in [-0.39, 0.29) is 28.5 Å². The van der Waals surface area contributed by atoms with Gasteiger partial charge in [-0.25, -0.2) is 13.2 Å². The van der Waals surface area contributed by atoms with E-state index < -0.39 is 23.4 Å². The second kappa shape index (κ2) is 11.9. The van der Waals surface area contributed by atoms with Gasteiger partial charge in [0.2, 0.25) is 5.43 Å². The first-order valence-corrected chi connectivity index (χ1v) is 14.9. The highest BCUT2D eigenvalue weighted by Gasteiger charge is 2.22. The fraction of sp³-hybridized carbons (Fsp3) is 0.161. The van der Waals surface area contributed by atoms with Gasteiger partial charge in [0.25, 0.3) is 5.91 Å². The van der Waals surface area contributed by atoms with Crippen LogP contribution in [0.2, 0.25) is 0 Å². The molecule has 1 aliphatic heterocycles. The molecule has 6 rings (SSSR count). The third-order valence-electron chi connectivity index (χ3n) is 7.03. The summed E-state index contributed by atoms with van der Waals surface area (Å²) in [5.41, 5.74) is 2.09. The largest absolute Gasteiger partial charge is 0.439 e. The smallest absolute Gasteiger partial charge is 0.256 e. The molecule has 0 unspecified atom stereocenters. The van der Waals surface area contributed by atoms with Crippen LogP contribution in [0.25, 0.3) is 21.4 Å². The van der Waals surface area contributed by atoms with Crippen LogP contribution in [0.15, 0.2) is 75.3 Å². The van der Waals surface area contributed by atoms with E-state index in [1.807, 2.05) is 32.9 Å². The lowest BCUT2D eigenvalue weighted by Crippen LogP contribution is -2.36. The molecule has 0 radical (unpaired) electrons. The van der Waals surface area contributed by atoms with Crippen LogP contribution in [0, 0.1) is 21.0 Å². The Kier molecular flexibility index (Phi) is 8.06. The molecule has 6 nitrogen and oxygen atoms in total. The van der Waals surface area contributed by atoms with E-state index in [0.717, 1.165) is 17.2 Å². The first-order valence-electron chi connectivity index (χ1n) is 13.0. The normalized spacial score (nSPS) is 13.5. The molecule has 5 aromatic rings. The number of thiophene rings is 1. The van der Waals surface area contributed by atoms with Gasteiger partial charge >= 0.3 is 0 Å². The second-order valence-corrected chi connectivity index (χ2v) is 11.8. The number of amides is 1. The van der Waals surface area contributed by atoms with Crippen LogP contribution in [-0.2, 0) is 11.2 Å². The molecule has 2 aromatic heterocycles. The Morgan fingerprint density at radius 3 is 2.48 bits per heavy atom. The van der Waals surface area contributed by atoms with Crippen LogP contribution in [0.1, 0.15) is 21.5 Å². The summed E-state index contributed by atoms with van der Waals surface area (Å²) in [6.07, 6.45) is -0.295. The molecular weight excluding hydrogens is 680 g/mol. The van der Waals surface area contributed by atoms with E-state index in [9.17, 15) is 22.8 Å². The SMILES string of the molecule is O=C(Nc1ccc(-c2csc3c(=O)cc(N4CCOCC4)oc23)cc1)c1ccc(F)c(F)c1Cc1ccc(I)cc1F. The van der Waals surface area contributed by atoms with E-state index >= 15 is 0 Å². The Hall–Kier alpha value is -3.68. The molecule has 1 fully saturated rings. The number of halogens is 4. The molecule has 0 bridgehead atoms. The lowest BCUT2D eigenvalue weighted by Gasteiger charge is -2.27. The van der Waals surface area contributed by atoms with Crippen LogP contribution in [0.4, 0.5) is 24.7 Å². The fourth-order valence-corrected chi connectivity index (χ4v) is 6.20. The lowest BCUT2D eigenvalue weighted by molar-refractivity contribution is 0.102. The number of rotatable bonds is 6. The summed E-state index contributed by atoms with van der Waals surface area (Å²) in [7, 11) is 0. The standard InChI is InChI=1S/C31H22F3IN2O4S/c32-24-8-7-21(22(28(24)34)13-18-1-4-19(35)14-25(18)33)31(39)36-20-5-2-17(3-6-20)23-16-42-30-26(38)15-27(41-29(23)30)37-9-11-40-12-10-37/h1-8,14-16H,9-13H2,(H,36,39). The van der Waals surface area contributed by atoms with Crippen molar-refractivity contribution in [3.05, 3.63) is 114 Å². The zero-order chi connectivity index (χ0) is 29.4. The highest BCUT2D eigenvalue weighted by molar-refractivity contribution is 14.1. The first-order chi connectivity index (χ1) is 20.3. The summed E-state index contributed by atoms with van der Waals surface area (Å²) < 4.78 is 56.2.